The third kappa shape index (κ3) is 4.11. The number of rotatable bonds is 3. The maximum Gasteiger partial charge on any atom is 0.260 e. The number of hydrogen-bond acceptors (Lipinski definition) is 2. The summed E-state index contributed by atoms with van der Waals surface area (Å²) in [5.41, 5.74) is 0. The van der Waals surface area contributed by atoms with E-state index in [0.717, 1.165) is 36.3 Å². The van der Waals surface area contributed by atoms with Gasteiger partial charge in [0.15, 0.2) is 6.61 Å². The third-order valence-corrected chi connectivity index (χ3v) is 4.24. The normalized spacial score (nSPS) is 16.5. The van der Waals surface area contributed by atoms with Crippen molar-refractivity contribution in [2.45, 2.75) is 19.8 Å². The van der Waals surface area contributed by atoms with Crippen LogP contribution in [0, 0.1) is 5.92 Å². The summed E-state index contributed by atoms with van der Waals surface area (Å²) in [5.74, 6) is 1.41. The van der Waals surface area contributed by atoms with Crippen LogP contribution in [0.3, 0.4) is 0 Å². The van der Waals surface area contributed by atoms with Crippen molar-refractivity contribution in [3.05, 3.63) is 27.7 Å². The number of amides is 1. The van der Waals surface area contributed by atoms with Gasteiger partial charge in [-0.15, -0.1) is 0 Å². The highest BCUT2D eigenvalue weighted by Crippen LogP contribution is 2.28. The smallest absolute Gasteiger partial charge is 0.260 e. The fourth-order valence-corrected chi connectivity index (χ4v) is 2.88. The predicted octanol–water partition coefficient (Wildman–Crippen LogP) is 3.74. The van der Waals surface area contributed by atoms with Crippen molar-refractivity contribution in [1.29, 1.82) is 0 Å². The summed E-state index contributed by atoms with van der Waals surface area (Å²) in [6.07, 6.45) is 2.16. The summed E-state index contributed by atoms with van der Waals surface area (Å²) in [6.45, 7) is 3.98. The van der Waals surface area contributed by atoms with E-state index in [2.05, 4.69) is 22.9 Å². The van der Waals surface area contributed by atoms with Crippen LogP contribution in [0.4, 0.5) is 0 Å². The van der Waals surface area contributed by atoms with Gasteiger partial charge in [-0.25, -0.2) is 0 Å². The van der Waals surface area contributed by atoms with E-state index in [4.69, 9.17) is 16.3 Å². The predicted molar refractivity (Wildman–Crippen MR) is 79.6 cm³/mol. The number of ether oxygens (including phenoxy) is 1. The number of nitrogens with zero attached hydrogens (tertiary/aromatic N) is 1. The van der Waals surface area contributed by atoms with Crippen molar-refractivity contribution >= 4 is 33.4 Å². The highest BCUT2D eigenvalue weighted by molar-refractivity contribution is 9.10. The molecule has 0 atom stereocenters. The van der Waals surface area contributed by atoms with Gasteiger partial charge in [0.2, 0.25) is 0 Å². The van der Waals surface area contributed by atoms with Crippen LogP contribution in [0.25, 0.3) is 0 Å². The molecular formula is C14H17BrClNO2. The number of piperidine rings is 1. The first kappa shape index (κ1) is 14.7. The van der Waals surface area contributed by atoms with E-state index in [-0.39, 0.29) is 12.5 Å². The van der Waals surface area contributed by atoms with E-state index in [1.807, 2.05) is 4.90 Å². The summed E-state index contributed by atoms with van der Waals surface area (Å²) in [4.78, 5) is 13.9. The van der Waals surface area contributed by atoms with Crippen LogP contribution in [-0.4, -0.2) is 30.5 Å². The molecule has 104 valence electrons. The van der Waals surface area contributed by atoms with Gasteiger partial charge in [-0.1, -0.05) is 18.5 Å². The molecule has 0 saturated carbocycles. The number of halogens is 2. The van der Waals surface area contributed by atoms with E-state index in [1.54, 1.807) is 18.2 Å². The van der Waals surface area contributed by atoms with Gasteiger partial charge in [0.1, 0.15) is 5.75 Å². The molecule has 0 N–H and O–H groups in total. The van der Waals surface area contributed by atoms with Crippen LogP contribution in [-0.2, 0) is 4.79 Å². The molecule has 0 aliphatic carbocycles. The minimum atomic E-state index is 0.0498. The first-order chi connectivity index (χ1) is 9.06. The van der Waals surface area contributed by atoms with Crippen molar-refractivity contribution in [3.63, 3.8) is 0 Å². The molecule has 1 aliphatic rings. The quantitative estimate of drug-likeness (QED) is 0.834. The molecule has 1 amide bonds. The molecule has 2 rings (SSSR count). The number of carbonyl (C=O) groups is 1. The third-order valence-electron chi connectivity index (χ3n) is 3.38. The molecule has 0 radical (unpaired) electrons. The van der Waals surface area contributed by atoms with E-state index < -0.39 is 0 Å². The molecule has 1 saturated heterocycles. The zero-order chi connectivity index (χ0) is 13.8. The van der Waals surface area contributed by atoms with E-state index in [1.165, 1.54) is 0 Å². The lowest BCUT2D eigenvalue weighted by Gasteiger charge is -2.30. The Morgan fingerprint density at radius 1 is 1.47 bits per heavy atom. The van der Waals surface area contributed by atoms with Crippen molar-refractivity contribution < 1.29 is 9.53 Å². The lowest BCUT2D eigenvalue weighted by atomic mass is 9.99. The molecular weight excluding hydrogens is 330 g/mol. The molecule has 1 heterocycles. The topological polar surface area (TPSA) is 29.5 Å². The highest BCUT2D eigenvalue weighted by atomic mass is 79.9. The maximum atomic E-state index is 12.0. The number of carbonyl (C=O) groups excluding carboxylic acids is 1. The second-order valence-electron chi connectivity index (χ2n) is 4.93. The second kappa shape index (κ2) is 6.62. The molecule has 0 unspecified atom stereocenters. The summed E-state index contributed by atoms with van der Waals surface area (Å²) < 4.78 is 6.30. The molecule has 19 heavy (non-hydrogen) atoms. The van der Waals surface area contributed by atoms with Crippen LogP contribution in [0.1, 0.15) is 19.8 Å². The van der Waals surface area contributed by atoms with Gasteiger partial charge in [0.05, 0.1) is 4.47 Å². The SMILES string of the molecule is CC1CCN(C(=O)COc2ccc(Cl)cc2Br)CC1. The van der Waals surface area contributed by atoms with Gasteiger partial charge in [-0.2, -0.15) is 0 Å². The summed E-state index contributed by atoms with van der Waals surface area (Å²) in [7, 11) is 0. The van der Waals surface area contributed by atoms with E-state index in [9.17, 15) is 4.79 Å². The molecule has 1 aliphatic heterocycles. The number of likely N-dealkylation sites (tertiary alicyclic amines) is 1. The minimum Gasteiger partial charge on any atom is -0.483 e. The summed E-state index contributed by atoms with van der Waals surface area (Å²) >= 11 is 9.22. The molecule has 0 aromatic heterocycles. The van der Waals surface area contributed by atoms with Crippen molar-refractivity contribution in [1.82, 2.24) is 4.90 Å². The van der Waals surface area contributed by atoms with Crippen LogP contribution >= 0.6 is 27.5 Å². The van der Waals surface area contributed by atoms with Crippen molar-refractivity contribution in [2.75, 3.05) is 19.7 Å². The zero-order valence-electron chi connectivity index (χ0n) is 10.9. The number of benzene rings is 1. The van der Waals surface area contributed by atoms with Gasteiger partial charge < -0.3 is 9.64 Å². The molecule has 1 aromatic carbocycles. The first-order valence-corrected chi connectivity index (χ1v) is 7.59. The Bertz CT molecular complexity index is 459. The van der Waals surface area contributed by atoms with Gasteiger partial charge in [-0.3, -0.25) is 4.79 Å². The van der Waals surface area contributed by atoms with Crippen molar-refractivity contribution in [2.24, 2.45) is 5.92 Å². The fraction of sp³-hybridized carbons (Fsp3) is 0.500. The highest BCUT2D eigenvalue weighted by Gasteiger charge is 2.20. The minimum absolute atomic E-state index is 0.0498. The van der Waals surface area contributed by atoms with Gasteiger partial charge in [0, 0.05) is 18.1 Å². The molecule has 3 nitrogen and oxygen atoms in total. The lowest BCUT2D eigenvalue weighted by molar-refractivity contribution is -0.134. The first-order valence-electron chi connectivity index (χ1n) is 6.42. The Morgan fingerprint density at radius 3 is 2.79 bits per heavy atom. The average Bonchev–Trinajstić information content (AvgIpc) is 2.38. The summed E-state index contributed by atoms with van der Waals surface area (Å²) in [5, 5.41) is 0.635. The van der Waals surface area contributed by atoms with Crippen LogP contribution in [0.15, 0.2) is 22.7 Å². The largest absolute Gasteiger partial charge is 0.483 e. The second-order valence-corrected chi connectivity index (χ2v) is 6.22. The molecule has 0 bridgehead atoms. The number of hydrogen-bond donors (Lipinski definition) is 0. The molecule has 1 fully saturated rings. The van der Waals surface area contributed by atoms with Crippen LogP contribution in [0.5, 0.6) is 5.75 Å². The molecule has 1 aromatic rings. The van der Waals surface area contributed by atoms with Gasteiger partial charge >= 0.3 is 0 Å². The molecule has 0 spiro atoms. The van der Waals surface area contributed by atoms with Gasteiger partial charge in [-0.05, 0) is 52.9 Å². The van der Waals surface area contributed by atoms with E-state index in [0.29, 0.717) is 10.8 Å². The monoisotopic (exact) mass is 345 g/mol. The Balaban J connectivity index is 1.86. The Kier molecular flexibility index (Phi) is 5.11. The Labute approximate surface area is 127 Å². The van der Waals surface area contributed by atoms with Gasteiger partial charge in [0.25, 0.3) is 5.91 Å². The van der Waals surface area contributed by atoms with Crippen molar-refractivity contribution in [3.8, 4) is 5.75 Å². The average molecular weight is 347 g/mol. The lowest BCUT2D eigenvalue weighted by Crippen LogP contribution is -2.40. The van der Waals surface area contributed by atoms with Crippen LogP contribution in [0.2, 0.25) is 5.02 Å². The summed E-state index contributed by atoms with van der Waals surface area (Å²) in [6, 6.07) is 5.26. The standard InChI is InChI=1S/C14H17BrClNO2/c1-10-4-6-17(7-5-10)14(18)9-19-13-3-2-11(16)8-12(13)15/h2-3,8,10H,4-7,9H2,1H3. The Hall–Kier alpha value is -0.740. The molecule has 5 heteroatoms. The fourth-order valence-electron chi connectivity index (χ4n) is 2.08. The zero-order valence-corrected chi connectivity index (χ0v) is 13.2. The van der Waals surface area contributed by atoms with E-state index >= 15 is 0 Å². The van der Waals surface area contributed by atoms with Crippen LogP contribution < -0.4 is 4.74 Å². The maximum absolute atomic E-state index is 12.0. The Morgan fingerprint density at radius 2 is 2.16 bits per heavy atom.